The van der Waals surface area contributed by atoms with Crippen molar-refractivity contribution in [2.24, 2.45) is 5.92 Å². The Bertz CT molecular complexity index is 825. The molecule has 1 unspecified atom stereocenters. The first-order valence-corrected chi connectivity index (χ1v) is 9.03. The van der Waals surface area contributed by atoms with Crippen molar-refractivity contribution < 1.29 is 24.2 Å². The van der Waals surface area contributed by atoms with Gasteiger partial charge >= 0.3 is 0 Å². The predicted molar refractivity (Wildman–Crippen MR) is 102 cm³/mol. The first kappa shape index (κ1) is 19.5. The molecule has 2 aliphatic rings. The lowest BCUT2D eigenvalue weighted by Gasteiger charge is -2.17. The zero-order valence-corrected chi connectivity index (χ0v) is 15.4. The van der Waals surface area contributed by atoms with Crippen LogP contribution in [0.4, 0.5) is 5.82 Å². The van der Waals surface area contributed by atoms with Crippen molar-refractivity contribution >= 4 is 18.2 Å². The van der Waals surface area contributed by atoms with Crippen molar-refractivity contribution in [3.63, 3.8) is 0 Å². The molecule has 1 fully saturated rings. The van der Waals surface area contributed by atoms with E-state index in [9.17, 15) is 4.79 Å². The van der Waals surface area contributed by atoms with Crippen LogP contribution in [-0.4, -0.2) is 47.3 Å². The molecule has 0 bridgehead atoms. The Kier molecular flexibility index (Phi) is 6.31. The van der Waals surface area contributed by atoms with Crippen LogP contribution in [0.1, 0.15) is 17.5 Å². The summed E-state index contributed by atoms with van der Waals surface area (Å²) in [6, 6.07) is 9.53. The van der Waals surface area contributed by atoms with Gasteiger partial charge in [-0.3, -0.25) is 9.59 Å². The minimum atomic E-state index is -0.250. The molecule has 2 aliphatic heterocycles. The zero-order chi connectivity index (χ0) is 19.9. The number of carboxylic acid groups (broad SMARTS) is 1. The van der Waals surface area contributed by atoms with Gasteiger partial charge in [0.2, 0.25) is 12.7 Å². The number of benzene rings is 1. The topological polar surface area (TPSA) is 115 Å². The van der Waals surface area contributed by atoms with Crippen LogP contribution in [0.5, 0.6) is 11.5 Å². The van der Waals surface area contributed by atoms with Crippen LogP contribution >= 0.6 is 0 Å². The van der Waals surface area contributed by atoms with Crippen LogP contribution in [0.2, 0.25) is 0 Å². The van der Waals surface area contributed by atoms with Crippen LogP contribution < -0.4 is 15.2 Å². The number of nitrogens with two attached hydrogens (primary N) is 1. The van der Waals surface area contributed by atoms with Gasteiger partial charge in [0.15, 0.2) is 11.5 Å². The molecule has 28 heavy (non-hydrogen) atoms. The third-order valence-electron chi connectivity index (χ3n) is 4.80. The van der Waals surface area contributed by atoms with Gasteiger partial charge in [-0.05, 0) is 48.1 Å². The summed E-state index contributed by atoms with van der Waals surface area (Å²) in [7, 11) is 0. The highest BCUT2D eigenvalue weighted by atomic mass is 16.7. The monoisotopic (exact) mass is 385 g/mol. The maximum Gasteiger partial charge on any atom is 0.290 e. The van der Waals surface area contributed by atoms with Crippen LogP contribution in [0.25, 0.3) is 0 Å². The summed E-state index contributed by atoms with van der Waals surface area (Å²) in [5.74, 6) is 2.65. The minimum absolute atomic E-state index is 0.164. The zero-order valence-electron chi connectivity index (χ0n) is 15.4. The van der Waals surface area contributed by atoms with E-state index in [4.69, 9.17) is 25.1 Å². The summed E-state index contributed by atoms with van der Waals surface area (Å²) in [5.41, 5.74) is 7.75. The lowest BCUT2D eigenvalue weighted by atomic mass is 10.00. The first-order valence-electron chi connectivity index (χ1n) is 9.03. The Labute approximate surface area is 162 Å². The summed E-state index contributed by atoms with van der Waals surface area (Å²) in [6.45, 7) is 1.62. The predicted octanol–water partition coefficient (Wildman–Crippen LogP) is 1.73. The van der Waals surface area contributed by atoms with E-state index in [1.807, 2.05) is 41.4 Å². The fourth-order valence-electron chi connectivity index (χ4n) is 3.45. The van der Waals surface area contributed by atoms with E-state index in [1.165, 1.54) is 5.56 Å². The molecule has 8 nitrogen and oxygen atoms in total. The molecule has 1 atom stereocenters. The number of nitrogen functional groups attached to an aromatic ring is 1. The maximum absolute atomic E-state index is 12.6. The van der Waals surface area contributed by atoms with Gasteiger partial charge in [0.1, 0.15) is 5.82 Å². The number of carbonyl (C=O) groups is 2. The number of likely N-dealkylation sites (tertiary alicyclic amines) is 1. The number of fused-ring (bicyclic) bond motifs is 1. The molecule has 1 amide bonds. The summed E-state index contributed by atoms with van der Waals surface area (Å²) in [5, 5.41) is 6.89. The third-order valence-corrected chi connectivity index (χ3v) is 4.80. The Morgan fingerprint density at radius 3 is 2.75 bits per heavy atom. The number of amides is 1. The third kappa shape index (κ3) is 4.91. The normalized spacial score (nSPS) is 17.0. The SMILES string of the molecule is Nc1ccc(CC2CCN(C(=O)Cc3ccc4c(c3)OCO4)C2)cn1.O=CO. The number of aromatic nitrogens is 1. The number of pyridine rings is 1. The van der Waals surface area contributed by atoms with E-state index in [1.54, 1.807) is 0 Å². The average molecular weight is 385 g/mol. The molecule has 1 aromatic carbocycles. The van der Waals surface area contributed by atoms with Crippen molar-refractivity contribution in [2.75, 3.05) is 25.6 Å². The minimum Gasteiger partial charge on any atom is -0.483 e. The fourth-order valence-corrected chi connectivity index (χ4v) is 3.45. The van der Waals surface area contributed by atoms with E-state index in [-0.39, 0.29) is 19.2 Å². The molecule has 4 rings (SSSR count). The smallest absolute Gasteiger partial charge is 0.290 e. The fraction of sp³-hybridized carbons (Fsp3) is 0.350. The van der Waals surface area contributed by atoms with Gasteiger partial charge in [-0.1, -0.05) is 12.1 Å². The number of rotatable bonds is 4. The van der Waals surface area contributed by atoms with Crippen molar-refractivity contribution in [3.05, 3.63) is 47.7 Å². The molecule has 3 heterocycles. The largest absolute Gasteiger partial charge is 0.483 e. The van der Waals surface area contributed by atoms with Gasteiger partial charge in [0.05, 0.1) is 6.42 Å². The van der Waals surface area contributed by atoms with Crippen LogP contribution in [0.15, 0.2) is 36.5 Å². The number of anilines is 1. The van der Waals surface area contributed by atoms with Gasteiger partial charge in [0.25, 0.3) is 6.47 Å². The highest BCUT2D eigenvalue weighted by Crippen LogP contribution is 2.33. The second kappa shape index (κ2) is 9.07. The van der Waals surface area contributed by atoms with E-state index in [0.29, 0.717) is 18.2 Å². The number of ether oxygens (including phenoxy) is 2. The van der Waals surface area contributed by atoms with E-state index in [2.05, 4.69) is 4.98 Å². The molecule has 0 spiro atoms. The number of carbonyl (C=O) groups excluding carboxylic acids is 1. The van der Waals surface area contributed by atoms with Crippen molar-refractivity contribution in [2.45, 2.75) is 19.3 Å². The van der Waals surface area contributed by atoms with Crippen molar-refractivity contribution in [1.82, 2.24) is 9.88 Å². The second-order valence-electron chi connectivity index (χ2n) is 6.76. The summed E-state index contributed by atoms with van der Waals surface area (Å²) in [4.78, 5) is 27.0. The van der Waals surface area contributed by atoms with Gasteiger partial charge < -0.3 is 25.2 Å². The summed E-state index contributed by atoms with van der Waals surface area (Å²) >= 11 is 0. The molecular weight excluding hydrogens is 362 g/mol. The molecule has 148 valence electrons. The number of nitrogens with zero attached hydrogens (tertiary/aromatic N) is 2. The number of hydrogen-bond donors (Lipinski definition) is 2. The molecule has 1 saturated heterocycles. The molecule has 2 aromatic rings. The first-order chi connectivity index (χ1) is 13.6. The van der Waals surface area contributed by atoms with Crippen molar-refractivity contribution in [3.8, 4) is 11.5 Å². The molecule has 3 N–H and O–H groups in total. The highest BCUT2D eigenvalue weighted by molar-refractivity contribution is 5.79. The second-order valence-corrected chi connectivity index (χ2v) is 6.76. The van der Waals surface area contributed by atoms with E-state index < -0.39 is 0 Å². The van der Waals surface area contributed by atoms with Gasteiger partial charge in [-0.15, -0.1) is 0 Å². The molecule has 8 heteroatoms. The highest BCUT2D eigenvalue weighted by Gasteiger charge is 2.26. The van der Waals surface area contributed by atoms with E-state index in [0.717, 1.165) is 43.0 Å². The standard InChI is InChI=1S/C19H21N3O3.CH2O2/c20-18-4-2-14(10-21-18)7-15-5-6-22(11-15)19(23)9-13-1-3-16-17(8-13)25-12-24-16;2-1-3/h1-4,8,10,15H,5-7,9,11-12H2,(H2,20,21);1H,(H,2,3). The number of hydrogen-bond acceptors (Lipinski definition) is 6. The van der Waals surface area contributed by atoms with E-state index >= 15 is 0 Å². The summed E-state index contributed by atoms with van der Waals surface area (Å²) < 4.78 is 10.7. The van der Waals surface area contributed by atoms with Crippen LogP contribution in [0.3, 0.4) is 0 Å². The lowest BCUT2D eigenvalue weighted by Crippen LogP contribution is -2.30. The maximum atomic E-state index is 12.6. The quantitative estimate of drug-likeness (QED) is 0.770. The molecule has 0 saturated carbocycles. The molecular formula is C20H23N3O5. The lowest BCUT2D eigenvalue weighted by molar-refractivity contribution is -0.129. The average Bonchev–Trinajstić information content (AvgIpc) is 3.33. The van der Waals surface area contributed by atoms with Crippen LogP contribution in [-0.2, 0) is 22.4 Å². The Morgan fingerprint density at radius 2 is 2.00 bits per heavy atom. The summed E-state index contributed by atoms with van der Waals surface area (Å²) in [6.07, 6.45) is 4.18. The van der Waals surface area contributed by atoms with Gasteiger partial charge in [-0.25, -0.2) is 4.98 Å². The Hall–Kier alpha value is -3.29. The van der Waals surface area contributed by atoms with Gasteiger partial charge in [0, 0.05) is 19.3 Å². The Balaban J connectivity index is 0.000000706. The molecule has 1 aromatic heterocycles. The molecule has 0 aliphatic carbocycles. The van der Waals surface area contributed by atoms with Gasteiger partial charge in [-0.2, -0.15) is 0 Å². The Morgan fingerprint density at radius 1 is 1.25 bits per heavy atom. The van der Waals surface area contributed by atoms with Crippen LogP contribution in [0, 0.1) is 5.92 Å². The molecule has 0 radical (unpaired) electrons. The van der Waals surface area contributed by atoms with Crippen molar-refractivity contribution in [1.29, 1.82) is 0 Å².